The SMILES string of the molecule is CP(NC(C)(C)C(=O)OC1CCCC1)Oc1ccc(Cl)cc1. The van der Waals surface area contributed by atoms with E-state index in [0.29, 0.717) is 5.02 Å². The second-order valence-corrected chi connectivity index (χ2v) is 7.93. The minimum atomic E-state index is -0.999. The van der Waals surface area contributed by atoms with Gasteiger partial charge in [-0.1, -0.05) is 11.6 Å². The average Bonchev–Trinajstić information content (AvgIpc) is 2.93. The molecule has 1 aromatic carbocycles. The van der Waals surface area contributed by atoms with E-state index in [1.165, 1.54) is 0 Å². The molecule has 0 amide bonds. The lowest BCUT2D eigenvalue weighted by Crippen LogP contribution is -2.46. The summed E-state index contributed by atoms with van der Waals surface area (Å²) in [7, 11) is -0.999. The highest BCUT2D eigenvalue weighted by Crippen LogP contribution is 2.34. The topological polar surface area (TPSA) is 47.6 Å². The van der Waals surface area contributed by atoms with Gasteiger partial charge in [-0.3, -0.25) is 4.79 Å². The monoisotopic (exact) mass is 343 g/mol. The summed E-state index contributed by atoms with van der Waals surface area (Å²) in [4.78, 5) is 12.3. The van der Waals surface area contributed by atoms with Crippen LogP contribution in [0.5, 0.6) is 5.75 Å². The highest BCUT2D eigenvalue weighted by Gasteiger charge is 2.34. The minimum Gasteiger partial charge on any atom is -0.461 e. The summed E-state index contributed by atoms with van der Waals surface area (Å²) in [5.74, 6) is 0.513. The van der Waals surface area contributed by atoms with Crippen LogP contribution in [0.2, 0.25) is 5.02 Å². The number of hydrogen-bond acceptors (Lipinski definition) is 4. The number of hydrogen-bond donors (Lipinski definition) is 1. The summed E-state index contributed by atoms with van der Waals surface area (Å²) < 4.78 is 11.4. The number of rotatable bonds is 6. The number of benzene rings is 1. The zero-order chi connectivity index (χ0) is 16.2. The molecule has 1 aliphatic carbocycles. The first kappa shape index (κ1) is 17.5. The maximum absolute atomic E-state index is 12.3. The van der Waals surface area contributed by atoms with Crippen molar-refractivity contribution >= 4 is 25.9 Å². The molecule has 1 unspecified atom stereocenters. The van der Waals surface area contributed by atoms with E-state index >= 15 is 0 Å². The van der Waals surface area contributed by atoms with Gasteiger partial charge < -0.3 is 9.26 Å². The maximum atomic E-state index is 12.3. The lowest BCUT2D eigenvalue weighted by molar-refractivity contribution is -0.154. The van der Waals surface area contributed by atoms with Gasteiger partial charge in [-0.15, -0.1) is 0 Å². The van der Waals surface area contributed by atoms with Crippen molar-refractivity contribution in [1.82, 2.24) is 5.09 Å². The number of halogens is 1. The molecule has 1 N–H and O–H groups in total. The molecule has 1 fully saturated rings. The molecule has 1 aromatic rings. The molecule has 0 aromatic heterocycles. The molecule has 4 nitrogen and oxygen atoms in total. The van der Waals surface area contributed by atoms with Crippen LogP contribution in [-0.4, -0.2) is 24.3 Å². The first-order valence-electron chi connectivity index (χ1n) is 7.53. The van der Waals surface area contributed by atoms with Gasteiger partial charge in [-0.05, 0) is 63.8 Å². The Hall–Kier alpha value is -0.830. The number of carbonyl (C=O) groups excluding carboxylic acids is 1. The largest absolute Gasteiger partial charge is 0.461 e. The molecule has 6 heteroatoms. The second-order valence-electron chi connectivity index (χ2n) is 6.09. The van der Waals surface area contributed by atoms with E-state index in [9.17, 15) is 4.79 Å². The highest BCUT2D eigenvalue weighted by atomic mass is 35.5. The van der Waals surface area contributed by atoms with Gasteiger partial charge in [-0.2, -0.15) is 0 Å². The van der Waals surface area contributed by atoms with Crippen LogP contribution in [0.1, 0.15) is 39.5 Å². The molecule has 0 heterocycles. The number of carbonyl (C=O) groups is 1. The first-order chi connectivity index (χ1) is 10.4. The van der Waals surface area contributed by atoms with E-state index in [1.54, 1.807) is 12.1 Å². The molecule has 0 bridgehead atoms. The normalized spacial score (nSPS) is 17.3. The highest BCUT2D eigenvalue weighted by molar-refractivity contribution is 7.50. The fraction of sp³-hybridized carbons (Fsp3) is 0.562. The van der Waals surface area contributed by atoms with Gasteiger partial charge in [0.05, 0.1) is 0 Å². The Morgan fingerprint density at radius 2 is 1.86 bits per heavy atom. The molecule has 0 aliphatic heterocycles. The number of esters is 1. The van der Waals surface area contributed by atoms with Gasteiger partial charge in [-0.25, -0.2) is 5.09 Å². The maximum Gasteiger partial charge on any atom is 0.326 e. The van der Waals surface area contributed by atoms with Crippen LogP contribution in [0.15, 0.2) is 24.3 Å². The molecular formula is C16H23ClNO3P. The molecular weight excluding hydrogens is 321 g/mol. The van der Waals surface area contributed by atoms with E-state index < -0.39 is 13.8 Å². The smallest absolute Gasteiger partial charge is 0.326 e. The van der Waals surface area contributed by atoms with Crippen molar-refractivity contribution < 1.29 is 14.1 Å². The van der Waals surface area contributed by atoms with Crippen molar-refractivity contribution in [2.75, 3.05) is 6.66 Å². The molecule has 1 aliphatic rings. The molecule has 0 radical (unpaired) electrons. The molecule has 2 rings (SSSR count). The van der Waals surface area contributed by atoms with Crippen LogP contribution in [0.3, 0.4) is 0 Å². The van der Waals surface area contributed by atoms with Gasteiger partial charge in [0.25, 0.3) is 0 Å². The Morgan fingerprint density at radius 3 is 2.45 bits per heavy atom. The Balaban J connectivity index is 1.86. The summed E-state index contributed by atoms with van der Waals surface area (Å²) in [5, 5.41) is 3.90. The van der Waals surface area contributed by atoms with Crippen molar-refractivity contribution in [3.8, 4) is 5.75 Å². The predicted molar refractivity (Wildman–Crippen MR) is 90.5 cm³/mol. The van der Waals surface area contributed by atoms with E-state index in [0.717, 1.165) is 31.4 Å². The van der Waals surface area contributed by atoms with Gasteiger partial charge in [0, 0.05) is 11.7 Å². The summed E-state index contributed by atoms with van der Waals surface area (Å²) in [6, 6.07) is 7.18. The zero-order valence-electron chi connectivity index (χ0n) is 13.3. The van der Waals surface area contributed by atoms with Gasteiger partial charge in [0.2, 0.25) is 0 Å². The van der Waals surface area contributed by atoms with Crippen LogP contribution in [0, 0.1) is 0 Å². The summed E-state index contributed by atoms with van der Waals surface area (Å²) in [6.45, 7) is 5.58. The first-order valence-corrected chi connectivity index (χ1v) is 9.61. The van der Waals surface area contributed by atoms with Crippen molar-refractivity contribution in [3.05, 3.63) is 29.3 Å². The third-order valence-corrected chi connectivity index (χ3v) is 5.19. The second kappa shape index (κ2) is 7.63. The number of nitrogens with one attached hydrogen (secondary N) is 1. The fourth-order valence-electron chi connectivity index (χ4n) is 2.42. The quantitative estimate of drug-likeness (QED) is 0.609. The standard InChI is InChI=1S/C16H23ClNO3P/c1-16(2,15(19)20-13-6-4-5-7-13)18-22(3)21-14-10-8-12(17)9-11-14/h8-11,13,18H,4-7H2,1-3H3. The van der Waals surface area contributed by atoms with Crippen LogP contribution in [-0.2, 0) is 9.53 Å². The summed E-state index contributed by atoms with van der Waals surface area (Å²) in [5.41, 5.74) is -0.768. The van der Waals surface area contributed by atoms with Crippen molar-refractivity contribution in [2.45, 2.75) is 51.2 Å². The number of ether oxygens (including phenoxy) is 1. The van der Waals surface area contributed by atoms with E-state index in [4.69, 9.17) is 20.9 Å². The molecule has 0 spiro atoms. The average molecular weight is 344 g/mol. The molecule has 122 valence electrons. The third kappa shape index (κ3) is 5.12. The lowest BCUT2D eigenvalue weighted by Gasteiger charge is -2.29. The lowest BCUT2D eigenvalue weighted by atomic mass is 10.1. The summed E-state index contributed by atoms with van der Waals surface area (Å²) >= 11 is 5.85. The molecule has 1 saturated carbocycles. The van der Waals surface area contributed by atoms with E-state index in [1.807, 2.05) is 32.6 Å². The fourth-order valence-corrected chi connectivity index (χ4v) is 3.91. The molecule has 0 saturated heterocycles. The molecule has 1 atom stereocenters. The van der Waals surface area contributed by atoms with Crippen molar-refractivity contribution in [1.29, 1.82) is 0 Å². The third-order valence-electron chi connectivity index (χ3n) is 3.58. The van der Waals surface area contributed by atoms with E-state index in [2.05, 4.69) is 5.09 Å². The Morgan fingerprint density at radius 1 is 1.27 bits per heavy atom. The van der Waals surface area contributed by atoms with Crippen molar-refractivity contribution in [2.24, 2.45) is 0 Å². The van der Waals surface area contributed by atoms with Gasteiger partial charge in [0.15, 0.2) is 8.30 Å². The van der Waals surface area contributed by atoms with Crippen LogP contribution < -0.4 is 9.61 Å². The van der Waals surface area contributed by atoms with Crippen molar-refractivity contribution in [3.63, 3.8) is 0 Å². The van der Waals surface area contributed by atoms with Gasteiger partial charge >= 0.3 is 5.97 Å². The van der Waals surface area contributed by atoms with Crippen LogP contribution in [0.25, 0.3) is 0 Å². The minimum absolute atomic E-state index is 0.0776. The predicted octanol–water partition coefficient (Wildman–Crippen LogP) is 4.51. The summed E-state index contributed by atoms with van der Waals surface area (Å²) in [6.07, 6.45) is 4.32. The molecule has 22 heavy (non-hydrogen) atoms. The van der Waals surface area contributed by atoms with Crippen LogP contribution >= 0.6 is 19.9 Å². The van der Waals surface area contributed by atoms with E-state index in [-0.39, 0.29) is 12.1 Å². The zero-order valence-corrected chi connectivity index (χ0v) is 14.9. The van der Waals surface area contributed by atoms with Crippen LogP contribution in [0.4, 0.5) is 0 Å². The Labute approximate surface area is 138 Å². The van der Waals surface area contributed by atoms with Gasteiger partial charge in [0.1, 0.15) is 17.4 Å². The Kier molecular flexibility index (Phi) is 6.08. The Bertz CT molecular complexity index is 501.